The van der Waals surface area contributed by atoms with E-state index in [1.165, 1.54) is 24.3 Å². The molecule has 15 nitrogen and oxygen atoms in total. The summed E-state index contributed by atoms with van der Waals surface area (Å²) in [7, 11) is 0. The topological polar surface area (TPSA) is 260 Å². The van der Waals surface area contributed by atoms with Gasteiger partial charge >= 0.3 is 11.9 Å². The summed E-state index contributed by atoms with van der Waals surface area (Å²) < 4.78 is 0. The second-order valence-corrected chi connectivity index (χ2v) is 8.78. The van der Waals surface area contributed by atoms with Crippen molar-refractivity contribution in [3.8, 4) is 0 Å². The van der Waals surface area contributed by atoms with Gasteiger partial charge in [0.25, 0.3) is 0 Å². The number of hydrogen-bond donors (Lipinski definition) is 8. The van der Waals surface area contributed by atoms with Crippen LogP contribution in [0.1, 0.15) is 31.4 Å². The number of carbonyl (C=O) groups excluding carboxylic acids is 4. The summed E-state index contributed by atoms with van der Waals surface area (Å²) in [5.74, 6) is -5.77. The number of aromatic nitrogens is 2. The van der Waals surface area contributed by atoms with Gasteiger partial charge in [0.05, 0.1) is 18.8 Å². The third-order valence-corrected chi connectivity index (χ3v) is 5.52. The number of aromatic amines is 1. The van der Waals surface area contributed by atoms with E-state index in [2.05, 4.69) is 25.9 Å². The van der Waals surface area contributed by atoms with Gasteiger partial charge in [-0.25, -0.2) is 9.78 Å². The van der Waals surface area contributed by atoms with Crippen molar-refractivity contribution in [1.29, 1.82) is 0 Å². The quantitative estimate of drug-likeness (QED) is 0.103. The Kier molecular flexibility index (Phi) is 13.0. The maximum atomic E-state index is 13.0. The smallest absolute Gasteiger partial charge is 0.326 e. The van der Waals surface area contributed by atoms with E-state index >= 15 is 0 Å². The average molecular weight is 530 g/mol. The summed E-state index contributed by atoms with van der Waals surface area (Å²) in [5.41, 5.74) is 11.7. The molecule has 0 aliphatic heterocycles. The van der Waals surface area contributed by atoms with Crippen LogP contribution in [0.3, 0.4) is 0 Å². The van der Waals surface area contributed by atoms with Crippen LogP contribution in [0.4, 0.5) is 0 Å². The number of primary amides is 1. The number of H-pyrrole nitrogens is 1. The zero-order valence-electron chi connectivity index (χ0n) is 19.6. The first-order chi connectivity index (χ1) is 16.9. The number of thioether (sulfide) groups is 1. The van der Waals surface area contributed by atoms with Gasteiger partial charge in [-0.15, -0.1) is 0 Å². The van der Waals surface area contributed by atoms with Gasteiger partial charge in [0.2, 0.25) is 23.6 Å². The van der Waals surface area contributed by atoms with Gasteiger partial charge in [-0.3, -0.25) is 24.0 Å². The number of hydrogen-bond acceptors (Lipinski definition) is 9. The Morgan fingerprint density at radius 2 is 1.58 bits per heavy atom. The predicted octanol–water partition coefficient (Wildman–Crippen LogP) is -2.69. The number of carboxylic acids is 2. The number of rotatable bonds is 17. The Labute approximate surface area is 210 Å². The predicted molar refractivity (Wildman–Crippen MR) is 127 cm³/mol. The first-order valence-electron chi connectivity index (χ1n) is 10.8. The lowest BCUT2D eigenvalue weighted by atomic mass is 10.1. The Balaban J connectivity index is 2.96. The van der Waals surface area contributed by atoms with E-state index in [1.54, 1.807) is 6.26 Å². The van der Waals surface area contributed by atoms with E-state index in [-0.39, 0.29) is 25.7 Å². The molecule has 0 saturated carbocycles. The maximum absolute atomic E-state index is 13.0. The van der Waals surface area contributed by atoms with Crippen LogP contribution in [-0.2, 0) is 35.2 Å². The molecule has 1 aromatic heterocycles. The van der Waals surface area contributed by atoms with E-state index in [0.29, 0.717) is 11.4 Å². The molecule has 1 heterocycles. The highest BCUT2D eigenvalue weighted by Crippen LogP contribution is 2.06. The largest absolute Gasteiger partial charge is 0.481 e. The van der Waals surface area contributed by atoms with Crippen LogP contribution in [0.25, 0.3) is 0 Å². The average Bonchev–Trinajstić information content (AvgIpc) is 3.30. The number of nitrogens with one attached hydrogen (secondary N) is 4. The Hall–Kier alpha value is -3.66. The number of imidazole rings is 1. The van der Waals surface area contributed by atoms with Crippen molar-refractivity contribution in [2.75, 3.05) is 12.0 Å². The first-order valence-corrected chi connectivity index (χ1v) is 12.2. The van der Waals surface area contributed by atoms with E-state index < -0.39 is 66.2 Å². The number of carboxylic acid groups (broad SMARTS) is 2. The van der Waals surface area contributed by atoms with E-state index in [1.807, 2.05) is 0 Å². The molecule has 1 aromatic rings. The molecule has 0 aliphatic rings. The molecule has 4 unspecified atom stereocenters. The second kappa shape index (κ2) is 15.4. The van der Waals surface area contributed by atoms with Gasteiger partial charge in [-0.1, -0.05) is 0 Å². The molecule has 0 saturated heterocycles. The van der Waals surface area contributed by atoms with Gasteiger partial charge in [0, 0.05) is 24.7 Å². The van der Waals surface area contributed by atoms with Crippen LogP contribution in [0.15, 0.2) is 12.5 Å². The summed E-state index contributed by atoms with van der Waals surface area (Å²) in [4.78, 5) is 78.4. The van der Waals surface area contributed by atoms with Crippen molar-refractivity contribution < 1.29 is 39.0 Å². The molecule has 0 spiro atoms. The molecule has 1 rings (SSSR count). The lowest BCUT2D eigenvalue weighted by Gasteiger charge is -2.25. The van der Waals surface area contributed by atoms with Crippen LogP contribution in [0, 0.1) is 0 Å². The molecule has 4 atom stereocenters. The van der Waals surface area contributed by atoms with Crippen molar-refractivity contribution in [3.05, 3.63) is 18.2 Å². The number of aliphatic carboxylic acids is 2. The SMILES string of the molecule is CSCCC(NC(=O)C(CCC(N)=O)NC(=O)C(N)Cc1cnc[nH]1)C(=O)NC(CC(=O)O)C(=O)O. The minimum absolute atomic E-state index is 0.0774. The van der Waals surface area contributed by atoms with Crippen molar-refractivity contribution in [1.82, 2.24) is 25.9 Å². The van der Waals surface area contributed by atoms with Gasteiger partial charge in [-0.05, 0) is 24.9 Å². The molecule has 0 aliphatic carbocycles. The number of amides is 4. The molecule has 0 radical (unpaired) electrons. The van der Waals surface area contributed by atoms with Crippen LogP contribution >= 0.6 is 11.8 Å². The molecule has 4 amide bonds. The van der Waals surface area contributed by atoms with Crippen LogP contribution in [0.2, 0.25) is 0 Å². The number of nitrogens with two attached hydrogens (primary N) is 2. The normalized spacial score (nSPS) is 14.1. The third-order valence-electron chi connectivity index (χ3n) is 4.88. The summed E-state index contributed by atoms with van der Waals surface area (Å²) in [6.07, 6.45) is 3.51. The van der Waals surface area contributed by atoms with E-state index in [4.69, 9.17) is 16.6 Å². The third kappa shape index (κ3) is 11.2. The van der Waals surface area contributed by atoms with Gasteiger partial charge in [0.15, 0.2) is 0 Å². The summed E-state index contributed by atoms with van der Waals surface area (Å²) in [5, 5.41) is 25.0. The van der Waals surface area contributed by atoms with Gasteiger partial charge < -0.3 is 42.6 Å². The van der Waals surface area contributed by atoms with Crippen molar-refractivity contribution in [2.45, 2.75) is 56.3 Å². The van der Waals surface area contributed by atoms with Crippen LogP contribution < -0.4 is 27.4 Å². The Morgan fingerprint density at radius 3 is 2.08 bits per heavy atom. The number of nitrogens with zero attached hydrogens (tertiary/aromatic N) is 1. The zero-order chi connectivity index (χ0) is 27.3. The first kappa shape index (κ1) is 30.4. The maximum Gasteiger partial charge on any atom is 0.326 e. The fraction of sp³-hybridized carbons (Fsp3) is 0.550. The zero-order valence-corrected chi connectivity index (χ0v) is 20.4. The highest BCUT2D eigenvalue weighted by molar-refractivity contribution is 7.98. The Morgan fingerprint density at radius 1 is 1.00 bits per heavy atom. The van der Waals surface area contributed by atoms with Crippen LogP contribution in [0.5, 0.6) is 0 Å². The van der Waals surface area contributed by atoms with Gasteiger partial charge in [-0.2, -0.15) is 11.8 Å². The van der Waals surface area contributed by atoms with Crippen LogP contribution in [-0.4, -0.2) is 91.9 Å². The molecular weight excluding hydrogens is 498 g/mol. The van der Waals surface area contributed by atoms with Gasteiger partial charge in [0.1, 0.15) is 18.1 Å². The number of carbonyl (C=O) groups is 6. The van der Waals surface area contributed by atoms with E-state index in [9.17, 15) is 33.9 Å². The van der Waals surface area contributed by atoms with Crippen molar-refractivity contribution in [3.63, 3.8) is 0 Å². The molecule has 0 aromatic carbocycles. The fourth-order valence-corrected chi connectivity index (χ4v) is 3.46. The summed E-state index contributed by atoms with van der Waals surface area (Å²) in [6.45, 7) is 0. The standard InChI is InChI=1S/C20H31N7O8S/c1-36-5-4-13(19(33)27-14(20(34)35)7-16(29)30)26-18(32)12(2-3-15(22)28)25-17(31)11(21)6-10-8-23-9-24-10/h8-9,11-14H,2-7,21H2,1H3,(H2,22,28)(H,23,24)(H,25,31)(H,26,32)(H,27,33)(H,29,30)(H,34,35). The molecule has 0 bridgehead atoms. The lowest BCUT2D eigenvalue weighted by Crippen LogP contribution is -2.57. The second-order valence-electron chi connectivity index (χ2n) is 7.79. The fourth-order valence-electron chi connectivity index (χ4n) is 2.98. The summed E-state index contributed by atoms with van der Waals surface area (Å²) in [6, 6.07) is -5.30. The monoisotopic (exact) mass is 529 g/mol. The van der Waals surface area contributed by atoms with Crippen molar-refractivity contribution >= 4 is 47.3 Å². The Bertz CT molecular complexity index is 927. The highest BCUT2D eigenvalue weighted by atomic mass is 32.2. The molecule has 0 fully saturated rings. The molecule has 200 valence electrons. The minimum Gasteiger partial charge on any atom is -0.481 e. The molecule has 16 heteroatoms. The van der Waals surface area contributed by atoms with Crippen molar-refractivity contribution in [2.24, 2.45) is 11.5 Å². The lowest BCUT2D eigenvalue weighted by molar-refractivity contribution is -0.147. The van der Waals surface area contributed by atoms with E-state index in [0.717, 1.165) is 0 Å². The summed E-state index contributed by atoms with van der Waals surface area (Å²) >= 11 is 1.35. The highest BCUT2D eigenvalue weighted by Gasteiger charge is 2.31. The molecular formula is C20H31N7O8S. The molecule has 10 N–H and O–H groups in total. The molecule has 36 heavy (non-hydrogen) atoms. The minimum atomic E-state index is -1.71.